The van der Waals surface area contributed by atoms with Gasteiger partial charge in [-0.25, -0.2) is 13.4 Å². The molecule has 0 radical (unpaired) electrons. The predicted octanol–water partition coefficient (Wildman–Crippen LogP) is 2.13. The number of aromatic nitrogens is 1. The maximum Gasteiger partial charge on any atom is 0.253 e. The molecule has 2 fully saturated rings. The molecule has 1 atom stereocenters. The van der Waals surface area contributed by atoms with Gasteiger partial charge in [-0.2, -0.15) is 0 Å². The summed E-state index contributed by atoms with van der Waals surface area (Å²) < 4.78 is 22.9. The third kappa shape index (κ3) is 4.69. The first kappa shape index (κ1) is 17.2. The largest absolute Gasteiger partial charge is 0.366 e. The van der Waals surface area contributed by atoms with Crippen molar-refractivity contribution in [2.24, 2.45) is 0 Å². The van der Waals surface area contributed by atoms with Gasteiger partial charge in [0.25, 0.3) is 5.91 Å². The Morgan fingerprint density at radius 1 is 1.04 bits per heavy atom. The van der Waals surface area contributed by atoms with Crippen LogP contribution in [-0.4, -0.2) is 42.9 Å². The summed E-state index contributed by atoms with van der Waals surface area (Å²) in [5, 5.41) is 6.23. The minimum absolute atomic E-state index is 0.0793. The van der Waals surface area contributed by atoms with E-state index in [1.54, 1.807) is 18.3 Å². The first-order valence-electron chi connectivity index (χ1n) is 8.76. The maximum absolute atomic E-state index is 12.3. The van der Waals surface area contributed by atoms with Gasteiger partial charge in [-0.3, -0.25) is 4.79 Å². The van der Waals surface area contributed by atoms with Crippen molar-refractivity contribution in [1.82, 2.24) is 10.3 Å². The molecule has 1 aliphatic carbocycles. The molecule has 24 heavy (non-hydrogen) atoms. The SMILES string of the molecule is O=C(NC1CCCCCC1)c1ccc(NC2CCS(=O)(=O)C2)nc1. The molecule has 0 bridgehead atoms. The van der Waals surface area contributed by atoms with E-state index in [1.807, 2.05) is 0 Å². The number of pyridine rings is 1. The molecule has 6 nitrogen and oxygen atoms in total. The highest BCUT2D eigenvalue weighted by Crippen LogP contribution is 2.18. The van der Waals surface area contributed by atoms with Gasteiger partial charge in [0, 0.05) is 18.3 Å². The summed E-state index contributed by atoms with van der Waals surface area (Å²) in [7, 11) is -2.91. The number of hydrogen-bond donors (Lipinski definition) is 2. The summed E-state index contributed by atoms with van der Waals surface area (Å²) in [5.41, 5.74) is 0.545. The standard InChI is InChI=1S/C17H25N3O3S/c21-17(20-14-5-3-1-2-4-6-14)13-7-8-16(18-11-13)19-15-9-10-24(22,23)12-15/h7-8,11,14-15H,1-6,9-10,12H2,(H,18,19)(H,20,21). The van der Waals surface area contributed by atoms with Crippen molar-refractivity contribution in [3.63, 3.8) is 0 Å². The number of anilines is 1. The monoisotopic (exact) mass is 351 g/mol. The van der Waals surface area contributed by atoms with Crippen molar-refractivity contribution in [2.45, 2.75) is 57.0 Å². The third-order valence-electron chi connectivity index (χ3n) is 4.80. The summed E-state index contributed by atoms with van der Waals surface area (Å²) in [6.07, 6.45) is 9.12. The van der Waals surface area contributed by atoms with Gasteiger partial charge in [0.15, 0.2) is 9.84 Å². The lowest BCUT2D eigenvalue weighted by Gasteiger charge is -2.16. The number of hydrogen-bond acceptors (Lipinski definition) is 5. The lowest BCUT2D eigenvalue weighted by atomic mass is 10.1. The van der Waals surface area contributed by atoms with E-state index in [1.165, 1.54) is 25.7 Å². The summed E-state index contributed by atoms with van der Waals surface area (Å²) in [6.45, 7) is 0. The van der Waals surface area contributed by atoms with E-state index < -0.39 is 9.84 Å². The fraction of sp³-hybridized carbons (Fsp3) is 0.647. The molecular formula is C17H25N3O3S. The summed E-state index contributed by atoms with van der Waals surface area (Å²) in [4.78, 5) is 16.6. The Morgan fingerprint density at radius 2 is 1.79 bits per heavy atom. The van der Waals surface area contributed by atoms with Gasteiger partial charge in [-0.15, -0.1) is 0 Å². The average molecular weight is 351 g/mol. The van der Waals surface area contributed by atoms with Crippen LogP contribution >= 0.6 is 0 Å². The lowest BCUT2D eigenvalue weighted by Crippen LogP contribution is -2.34. The second kappa shape index (κ2) is 7.51. The molecule has 1 saturated heterocycles. The van der Waals surface area contributed by atoms with Crippen molar-refractivity contribution < 1.29 is 13.2 Å². The molecule has 2 N–H and O–H groups in total. The molecule has 7 heteroatoms. The summed E-state index contributed by atoms with van der Waals surface area (Å²) in [6, 6.07) is 3.66. The van der Waals surface area contributed by atoms with E-state index >= 15 is 0 Å². The number of nitrogens with one attached hydrogen (secondary N) is 2. The van der Waals surface area contributed by atoms with Gasteiger partial charge in [0.1, 0.15) is 5.82 Å². The number of sulfone groups is 1. The van der Waals surface area contributed by atoms with Crippen LogP contribution in [0.4, 0.5) is 5.82 Å². The van der Waals surface area contributed by atoms with Crippen LogP contribution in [0, 0.1) is 0 Å². The van der Waals surface area contributed by atoms with E-state index in [2.05, 4.69) is 15.6 Å². The fourth-order valence-electron chi connectivity index (χ4n) is 3.42. The zero-order valence-electron chi connectivity index (χ0n) is 13.8. The van der Waals surface area contributed by atoms with Crippen molar-refractivity contribution in [1.29, 1.82) is 0 Å². The molecule has 132 valence electrons. The van der Waals surface area contributed by atoms with Crippen LogP contribution in [0.1, 0.15) is 55.3 Å². The first-order chi connectivity index (χ1) is 11.5. The Kier molecular flexibility index (Phi) is 5.38. The quantitative estimate of drug-likeness (QED) is 0.812. The Balaban J connectivity index is 1.54. The number of carbonyl (C=O) groups excluding carboxylic acids is 1. The Morgan fingerprint density at radius 3 is 2.38 bits per heavy atom. The Hall–Kier alpha value is -1.63. The highest BCUT2D eigenvalue weighted by molar-refractivity contribution is 7.91. The topological polar surface area (TPSA) is 88.2 Å². The molecule has 1 aromatic heterocycles. The molecule has 2 heterocycles. The molecular weight excluding hydrogens is 326 g/mol. The molecule has 2 aliphatic rings. The first-order valence-corrected chi connectivity index (χ1v) is 10.6. The van der Waals surface area contributed by atoms with Crippen molar-refractivity contribution in [2.75, 3.05) is 16.8 Å². The highest BCUT2D eigenvalue weighted by atomic mass is 32.2. The maximum atomic E-state index is 12.3. The smallest absolute Gasteiger partial charge is 0.253 e. The molecule has 1 aromatic rings. The minimum atomic E-state index is -2.91. The average Bonchev–Trinajstić information content (AvgIpc) is 2.75. The van der Waals surface area contributed by atoms with E-state index in [0.29, 0.717) is 17.8 Å². The third-order valence-corrected chi connectivity index (χ3v) is 6.57. The van der Waals surface area contributed by atoms with Gasteiger partial charge in [-0.05, 0) is 31.4 Å². The van der Waals surface area contributed by atoms with Crippen LogP contribution < -0.4 is 10.6 Å². The van der Waals surface area contributed by atoms with Gasteiger partial charge in [-0.1, -0.05) is 25.7 Å². The number of carbonyl (C=O) groups is 1. The van der Waals surface area contributed by atoms with Gasteiger partial charge in [0.2, 0.25) is 0 Å². The molecule has 1 amide bonds. The van der Waals surface area contributed by atoms with Gasteiger partial charge >= 0.3 is 0 Å². The van der Waals surface area contributed by atoms with E-state index in [4.69, 9.17) is 0 Å². The van der Waals surface area contributed by atoms with Crippen molar-refractivity contribution in [3.8, 4) is 0 Å². The van der Waals surface area contributed by atoms with Crippen molar-refractivity contribution in [3.05, 3.63) is 23.9 Å². The second-order valence-electron chi connectivity index (χ2n) is 6.84. The van der Waals surface area contributed by atoms with Gasteiger partial charge < -0.3 is 10.6 Å². The fourth-order valence-corrected chi connectivity index (χ4v) is 5.10. The van der Waals surface area contributed by atoms with Crippen LogP contribution in [0.5, 0.6) is 0 Å². The number of rotatable bonds is 4. The molecule has 0 spiro atoms. The molecule has 1 saturated carbocycles. The minimum Gasteiger partial charge on any atom is -0.366 e. The van der Waals surface area contributed by atoms with Crippen LogP contribution in [-0.2, 0) is 9.84 Å². The van der Waals surface area contributed by atoms with Crippen LogP contribution in [0.25, 0.3) is 0 Å². The zero-order valence-corrected chi connectivity index (χ0v) is 14.6. The second-order valence-corrected chi connectivity index (χ2v) is 9.07. The Labute approximate surface area is 143 Å². The van der Waals surface area contributed by atoms with Crippen LogP contribution in [0.3, 0.4) is 0 Å². The van der Waals surface area contributed by atoms with Gasteiger partial charge in [0.05, 0.1) is 17.1 Å². The summed E-state index contributed by atoms with van der Waals surface area (Å²) >= 11 is 0. The predicted molar refractivity (Wildman–Crippen MR) is 93.9 cm³/mol. The normalized spacial score (nSPS) is 24.2. The summed E-state index contributed by atoms with van der Waals surface area (Å²) in [5.74, 6) is 0.915. The van der Waals surface area contributed by atoms with Crippen molar-refractivity contribution >= 4 is 21.6 Å². The highest BCUT2D eigenvalue weighted by Gasteiger charge is 2.27. The molecule has 3 rings (SSSR count). The van der Waals surface area contributed by atoms with Crippen LogP contribution in [0.15, 0.2) is 18.3 Å². The van der Waals surface area contributed by atoms with E-state index in [0.717, 1.165) is 12.8 Å². The molecule has 1 unspecified atom stereocenters. The van der Waals surface area contributed by atoms with E-state index in [-0.39, 0.29) is 29.5 Å². The van der Waals surface area contributed by atoms with E-state index in [9.17, 15) is 13.2 Å². The number of nitrogens with zero attached hydrogens (tertiary/aromatic N) is 1. The zero-order chi connectivity index (χ0) is 17.0. The number of amides is 1. The van der Waals surface area contributed by atoms with Crippen LogP contribution in [0.2, 0.25) is 0 Å². The molecule has 0 aromatic carbocycles. The Bertz CT molecular complexity index is 665. The lowest BCUT2D eigenvalue weighted by molar-refractivity contribution is 0.0933. The molecule has 1 aliphatic heterocycles.